The molecule has 2 atom stereocenters. The van der Waals surface area contributed by atoms with E-state index in [-0.39, 0.29) is 24.7 Å². The Hall–Kier alpha value is -5.23. The molecule has 0 spiro atoms. The van der Waals surface area contributed by atoms with Gasteiger partial charge in [-0.3, -0.25) is 23.7 Å². The van der Waals surface area contributed by atoms with Crippen molar-refractivity contribution < 1.29 is 36.7 Å². The number of aromatic nitrogens is 1. The second-order valence-electron chi connectivity index (χ2n) is 17.8. The van der Waals surface area contributed by atoms with E-state index in [1.807, 2.05) is 73.6 Å². The lowest BCUT2D eigenvalue weighted by Gasteiger charge is -2.37. The van der Waals surface area contributed by atoms with Gasteiger partial charge in [0.2, 0.25) is 23.4 Å². The Kier molecular flexibility index (Phi) is 14.5. The van der Waals surface area contributed by atoms with Crippen LogP contribution in [0.25, 0.3) is 0 Å². The summed E-state index contributed by atoms with van der Waals surface area (Å²) in [4.78, 5) is 63.0. The van der Waals surface area contributed by atoms with E-state index in [9.17, 15) is 32.1 Å². The molecule has 65 heavy (non-hydrogen) atoms. The zero-order valence-corrected chi connectivity index (χ0v) is 40.2. The van der Waals surface area contributed by atoms with Crippen molar-refractivity contribution in [2.45, 2.75) is 87.7 Å². The van der Waals surface area contributed by atoms with Crippen molar-refractivity contribution in [3.63, 3.8) is 0 Å². The van der Waals surface area contributed by atoms with Crippen LogP contribution in [0, 0.1) is 0 Å². The number of pyridine rings is 1. The van der Waals surface area contributed by atoms with Gasteiger partial charge in [-0.1, -0.05) is 67.1 Å². The van der Waals surface area contributed by atoms with Crippen LogP contribution in [0.3, 0.4) is 0 Å². The summed E-state index contributed by atoms with van der Waals surface area (Å²) in [5.74, 6) is -1.97. The fourth-order valence-corrected chi connectivity index (χ4v) is 11.8. The number of rotatable bonds is 18. The first-order valence-corrected chi connectivity index (χ1v) is 25.9. The topological polar surface area (TPSA) is 181 Å². The van der Waals surface area contributed by atoms with Gasteiger partial charge in [0.05, 0.1) is 16.7 Å². The summed E-state index contributed by atoms with van der Waals surface area (Å²) >= 11 is 0. The van der Waals surface area contributed by atoms with Gasteiger partial charge in [0.15, 0.2) is 11.5 Å². The van der Waals surface area contributed by atoms with Crippen LogP contribution in [0.15, 0.2) is 113 Å². The first-order chi connectivity index (χ1) is 30.9. The second-order valence-corrected chi connectivity index (χ2v) is 21.7. The number of anilines is 1. The van der Waals surface area contributed by atoms with Crippen LogP contribution < -0.4 is 20.9 Å². The number of hydrogen-bond acceptors (Lipinski definition) is 11. The number of allylic oxidation sites excluding steroid dienone is 5. The quantitative estimate of drug-likeness (QED) is 0.0394. The number of ketones is 1. The Labute approximate surface area is 389 Å². The predicted octanol–water partition coefficient (Wildman–Crippen LogP) is 5.84. The third kappa shape index (κ3) is 10.3. The molecule has 0 saturated carbocycles. The number of fused-ring (bicyclic) bond motifs is 2. The Bertz CT molecular complexity index is 2610. The third-order valence-electron chi connectivity index (χ3n) is 12.7. The molecule has 3 aromatic rings. The number of Topliss-reactive ketones (excluding diaryl/α,β-unsaturated/α-hetero) is 1. The number of nitrogens with one attached hydrogen (secondary N) is 3. The molecule has 4 N–H and O–H groups in total. The summed E-state index contributed by atoms with van der Waals surface area (Å²) in [6.45, 7) is 9.56. The van der Waals surface area contributed by atoms with E-state index in [1.165, 1.54) is 10.8 Å². The van der Waals surface area contributed by atoms with Crippen molar-refractivity contribution in [3.8, 4) is 0 Å². The van der Waals surface area contributed by atoms with Crippen LogP contribution in [0.2, 0.25) is 0 Å². The molecule has 0 bridgehead atoms. The van der Waals surface area contributed by atoms with Gasteiger partial charge in [-0.25, -0.2) is 4.98 Å². The summed E-state index contributed by atoms with van der Waals surface area (Å²) in [6, 6.07) is 19.5. The minimum Gasteiger partial charge on any atom is -0.358 e. The molecule has 1 aromatic heterocycles. The average Bonchev–Trinajstić information content (AvgIpc) is 3.88. The number of para-hydroxylation sites is 2. The standard InChI is InChI=1S/C48H57N7O7S3/c1-47(2)33-16-7-9-18-36(33)53(5)39(47)28-31-43(32(44(31)57)29-40-48(3,4)34-17-8-10-19-37(34)54(40)6)55-26-15-20-38(55)46(59)52-35(30-65(60,61)62)45(58)51-24-13-11-21-41(56)49-25-27-63-64-42-22-12-14-23-50-42/h7-10,12,14,16-19,22-23,28-29,35,38H,11,13,15,20-21,24-27,30H2,1-6H3,(H3-,49,51,52,56,58,59,60,61,62)/p+1/t35-,38+/m0/s1. The van der Waals surface area contributed by atoms with Gasteiger partial charge in [-0.05, 0) is 80.2 Å². The lowest BCUT2D eigenvalue weighted by molar-refractivity contribution is -0.401. The van der Waals surface area contributed by atoms with Gasteiger partial charge < -0.3 is 25.8 Å². The highest BCUT2D eigenvalue weighted by Gasteiger charge is 2.49. The van der Waals surface area contributed by atoms with Crippen LogP contribution in [-0.4, -0.2) is 114 Å². The van der Waals surface area contributed by atoms with E-state index in [4.69, 9.17) is 0 Å². The summed E-state index contributed by atoms with van der Waals surface area (Å²) < 4.78 is 36.4. The minimum absolute atomic E-state index is 0.121. The number of nitrogens with zero attached hydrogens (tertiary/aromatic N) is 4. The molecule has 0 unspecified atom stereocenters. The molecule has 4 aliphatic rings. The van der Waals surface area contributed by atoms with Crippen LogP contribution in [0.4, 0.5) is 11.4 Å². The Balaban J connectivity index is 1.06. The summed E-state index contributed by atoms with van der Waals surface area (Å²) in [6.07, 6.45) is 7.72. The first-order valence-electron chi connectivity index (χ1n) is 21.9. The summed E-state index contributed by atoms with van der Waals surface area (Å²) in [5.41, 5.74) is 6.88. The molecular weight excluding hydrogens is 883 g/mol. The average molecular weight is 941 g/mol. The fraction of sp³-hybridized carbons (Fsp3) is 0.417. The maximum Gasteiger partial charge on any atom is 0.267 e. The SMILES string of the molecule is CN1/C(=C/C2=C(N3CCC[C@@H]3C(=O)N[C@@H](CS(=O)(=O)O)C(=O)NCCCCC(=O)NCCSSc3ccccn3)C(=C/C3=[N+](C)c4ccccc4C3(C)C)/C2=O)C(C)(C)c2ccccc21. The van der Waals surface area contributed by atoms with E-state index < -0.39 is 50.6 Å². The van der Waals surface area contributed by atoms with E-state index in [0.29, 0.717) is 61.4 Å². The summed E-state index contributed by atoms with van der Waals surface area (Å²) in [7, 11) is 2.40. The van der Waals surface area contributed by atoms with Gasteiger partial charge >= 0.3 is 0 Å². The molecule has 1 saturated heterocycles. The number of unbranched alkanes of at least 4 members (excludes halogenated alkanes) is 1. The van der Waals surface area contributed by atoms with Crippen molar-refractivity contribution >= 4 is 72.3 Å². The third-order valence-corrected chi connectivity index (χ3v) is 15.7. The van der Waals surface area contributed by atoms with Gasteiger partial charge in [0.1, 0.15) is 29.9 Å². The molecular formula is C48H58N7O7S3+. The van der Waals surface area contributed by atoms with Crippen molar-refractivity contribution in [3.05, 3.63) is 119 Å². The van der Waals surface area contributed by atoms with E-state index in [1.54, 1.807) is 17.0 Å². The normalized spacial score (nSPS) is 20.2. The minimum atomic E-state index is -4.70. The van der Waals surface area contributed by atoms with Crippen LogP contribution >= 0.6 is 21.6 Å². The van der Waals surface area contributed by atoms with Crippen LogP contribution in [-0.2, 0) is 40.1 Å². The van der Waals surface area contributed by atoms with E-state index in [0.717, 1.165) is 38.9 Å². The maximum atomic E-state index is 14.6. The highest BCUT2D eigenvalue weighted by molar-refractivity contribution is 8.76. The van der Waals surface area contributed by atoms with Crippen molar-refractivity contribution in [1.29, 1.82) is 0 Å². The Morgan fingerprint density at radius 2 is 1.68 bits per heavy atom. The smallest absolute Gasteiger partial charge is 0.267 e. The molecule has 17 heteroatoms. The summed E-state index contributed by atoms with van der Waals surface area (Å²) in [5, 5.41) is 9.09. The zero-order chi connectivity index (χ0) is 46.7. The Morgan fingerprint density at radius 3 is 2.38 bits per heavy atom. The van der Waals surface area contributed by atoms with Crippen LogP contribution in [0.5, 0.6) is 0 Å². The number of carbonyl (C=O) groups is 4. The molecule has 1 aliphatic carbocycles. The molecule has 1 fully saturated rings. The van der Waals surface area contributed by atoms with Crippen molar-refractivity contribution in [2.24, 2.45) is 0 Å². The number of likely N-dealkylation sites (N-methyl/N-ethyl adjacent to an activating group) is 1. The highest BCUT2D eigenvalue weighted by atomic mass is 33.1. The van der Waals surface area contributed by atoms with Crippen molar-refractivity contribution in [1.82, 2.24) is 25.8 Å². The lowest BCUT2D eigenvalue weighted by Crippen LogP contribution is -2.55. The molecule has 3 aliphatic heterocycles. The molecule has 2 aromatic carbocycles. The van der Waals surface area contributed by atoms with E-state index in [2.05, 4.69) is 82.4 Å². The number of carbonyl (C=O) groups excluding carboxylic acids is 4. The van der Waals surface area contributed by atoms with E-state index >= 15 is 0 Å². The number of benzene rings is 2. The highest BCUT2D eigenvalue weighted by Crippen LogP contribution is 2.49. The maximum absolute atomic E-state index is 14.6. The molecule has 3 amide bonds. The van der Waals surface area contributed by atoms with Crippen LogP contribution in [0.1, 0.15) is 70.9 Å². The van der Waals surface area contributed by atoms with Gasteiger partial charge in [0, 0.05) is 85.1 Å². The van der Waals surface area contributed by atoms with Gasteiger partial charge in [0.25, 0.3) is 10.1 Å². The number of hydrogen-bond donors (Lipinski definition) is 4. The first kappa shape index (κ1) is 47.7. The lowest BCUT2D eigenvalue weighted by atomic mass is 9.76. The monoisotopic (exact) mass is 940 g/mol. The largest absolute Gasteiger partial charge is 0.358 e. The molecule has 344 valence electrons. The predicted molar refractivity (Wildman–Crippen MR) is 257 cm³/mol. The molecule has 4 heterocycles. The second kappa shape index (κ2) is 19.7. The number of amides is 3. The van der Waals surface area contributed by atoms with Gasteiger partial charge in [-0.2, -0.15) is 13.0 Å². The molecule has 14 nitrogen and oxygen atoms in total. The zero-order valence-electron chi connectivity index (χ0n) is 37.7. The molecule has 0 radical (unpaired) electrons. The Morgan fingerprint density at radius 1 is 0.954 bits per heavy atom. The number of likely N-dealkylation sites (tertiary alicyclic amines) is 1. The van der Waals surface area contributed by atoms with Gasteiger partial charge in [-0.15, -0.1) is 0 Å². The van der Waals surface area contributed by atoms with Crippen molar-refractivity contribution in [2.75, 3.05) is 50.1 Å². The fourth-order valence-electron chi connectivity index (χ4n) is 9.34. The molecule has 7 rings (SSSR count).